The molecular formula is C15H21F2NO2. The summed E-state index contributed by atoms with van der Waals surface area (Å²) in [6.45, 7) is 2.22. The van der Waals surface area contributed by atoms with Crippen LogP contribution >= 0.6 is 0 Å². The van der Waals surface area contributed by atoms with E-state index in [0.29, 0.717) is 12.0 Å². The number of rotatable bonds is 5. The van der Waals surface area contributed by atoms with Crippen molar-refractivity contribution in [2.24, 2.45) is 5.92 Å². The van der Waals surface area contributed by atoms with Crippen molar-refractivity contribution in [3.63, 3.8) is 0 Å². The van der Waals surface area contributed by atoms with Crippen molar-refractivity contribution >= 4 is 5.69 Å². The smallest absolute Gasteiger partial charge is 0.387 e. The van der Waals surface area contributed by atoms with Gasteiger partial charge in [-0.2, -0.15) is 8.78 Å². The first kappa shape index (κ1) is 15.0. The van der Waals surface area contributed by atoms with Gasteiger partial charge in [0, 0.05) is 24.4 Å². The summed E-state index contributed by atoms with van der Waals surface area (Å²) >= 11 is 0. The van der Waals surface area contributed by atoms with Crippen molar-refractivity contribution in [3.05, 3.63) is 24.3 Å². The van der Waals surface area contributed by atoms with E-state index in [1.165, 1.54) is 6.07 Å². The molecule has 1 N–H and O–H groups in total. The van der Waals surface area contributed by atoms with Crippen LogP contribution in [0.25, 0.3) is 0 Å². The van der Waals surface area contributed by atoms with E-state index in [4.69, 9.17) is 4.74 Å². The van der Waals surface area contributed by atoms with Crippen LogP contribution in [0.3, 0.4) is 0 Å². The Balaban J connectivity index is 1.95. The molecule has 0 spiro atoms. The number of nitrogens with one attached hydrogen (secondary N) is 1. The third kappa shape index (κ3) is 4.34. The molecule has 1 heterocycles. The van der Waals surface area contributed by atoms with Crippen molar-refractivity contribution < 1.29 is 18.3 Å². The molecule has 0 saturated carbocycles. The second-order valence-corrected chi connectivity index (χ2v) is 5.43. The Labute approximate surface area is 118 Å². The molecule has 2 rings (SSSR count). The van der Waals surface area contributed by atoms with Gasteiger partial charge in [0.2, 0.25) is 0 Å². The maximum absolute atomic E-state index is 12.2. The molecule has 2 atom stereocenters. The molecule has 1 aliphatic heterocycles. The number of anilines is 1. The highest BCUT2D eigenvalue weighted by atomic mass is 19.3. The Morgan fingerprint density at radius 3 is 2.85 bits per heavy atom. The molecule has 0 radical (unpaired) electrons. The zero-order valence-electron chi connectivity index (χ0n) is 11.8. The average molecular weight is 285 g/mol. The summed E-state index contributed by atoms with van der Waals surface area (Å²) in [6.07, 6.45) is 2.10. The van der Waals surface area contributed by atoms with Gasteiger partial charge in [0.25, 0.3) is 0 Å². The molecule has 0 amide bonds. The minimum absolute atomic E-state index is 0.178. The predicted octanol–water partition coefficient (Wildman–Crippen LogP) is 3.90. The highest BCUT2D eigenvalue weighted by Crippen LogP contribution is 2.25. The summed E-state index contributed by atoms with van der Waals surface area (Å²) in [7, 11) is 0. The van der Waals surface area contributed by atoms with E-state index in [1.54, 1.807) is 12.1 Å². The van der Waals surface area contributed by atoms with Crippen LogP contribution < -0.4 is 10.1 Å². The van der Waals surface area contributed by atoms with Crippen LogP contribution in [0.5, 0.6) is 5.75 Å². The van der Waals surface area contributed by atoms with E-state index in [9.17, 15) is 8.78 Å². The second kappa shape index (κ2) is 6.88. The van der Waals surface area contributed by atoms with E-state index >= 15 is 0 Å². The molecule has 1 saturated heterocycles. The maximum atomic E-state index is 12.2. The van der Waals surface area contributed by atoms with E-state index < -0.39 is 6.61 Å². The van der Waals surface area contributed by atoms with Gasteiger partial charge in [0.1, 0.15) is 5.75 Å². The molecule has 0 aliphatic carbocycles. The number of alkyl halides is 2. The Morgan fingerprint density at radius 1 is 1.35 bits per heavy atom. The number of halogens is 2. The summed E-state index contributed by atoms with van der Waals surface area (Å²) in [5, 5.41) is 3.37. The van der Waals surface area contributed by atoms with Gasteiger partial charge in [0.05, 0.1) is 6.10 Å². The lowest BCUT2D eigenvalue weighted by atomic mass is 9.95. The van der Waals surface area contributed by atoms with E-state index in [1.807, 2.05) is 6.07 Å². The fraction of sp³-hybridized carbons (Fsp3) is 0.600. The third-order valence-electron chi connectivity index (χ3n) is 3.49. The third-order valence-corrected chi connectivity index (χ3v) is 3.49. The Morgan fingerprint density at radius 2 is 2.15 bits per heavy atom. The van der Waals surface area contributed by atoms with Gasteiger partial charge < -0.3 is 14.8 Å². The summed E-state index contributed by atoms with van der Waals surface area (Å²) < 4.78 is 34.5. The monoisotopic (exact) mass is 285 g/mol. The lowest BCUT2D eigenvalue weighted by molar-refractivity contribution is -0.0498. The number of hydrogen-bond donors (Lipinski definition) is 1. The number of ether oxygens (including phenoxy) is 2. The van der Waals surface area contributed by atoms with Crippen molar-refractivity contribution in [2.45, 2.75) is 45.4 Å². The van der Waals surface area contributed by atoms with Crippen molar-refractivity contribution in [3.8, 4) is 5.75 Å². The Kier molecular flexibility index (Phi) is 5.17. The van der Waals surface area contributed by atoms with E-state index in [2.05, 4.69) is 23.9 Å². The van der Waals surface area contributed by atoms with Crippen LogP contribution in [-0.4, -0.2) is 25.4 Å². The lowest BCUT2D eigenvalue weighted by Gasteiger charge is -2.33. The van der Waals surface area contributed by atoms with Crippen LogP contribution in [-0.2, 0) is 4.74 Å². The highest BCUT2D eigenvalue weighted by Gasteiger charge is 2.24. The molecule has 0 aromatic heterocycles. The average Bonchev–Trinajstić information content (AvgIpc) is 2.38. The standard InChI is InChI=1S/C15H21F2NO2/c1-10(2)14-9-12(6-7-19-14)18-11-4-3-5-13(8-11)20-15(16)17/h3-5,8,10,12,14-15,18H,6-7,9H2,1-2H3. The molecular weight excluding hydrogens is 264 g/mol. The summed E-state index contributed by atoms with van der Waals surface area (Å²) in [5.74, 6) is 0.658. The van der Waals surface area contributed by atoms with E-state index in [-0.39, 0.29) is 11.9 Å². The molecule has 1 aliphatic rings. The fourth-order valence-corrected chi connectivity index (χ4v) is 2.42. The molecule has 1 aromatic rings. The van der Waals surface area contributed by atoms with Crippen molar-refractivity contribution in [1.29, 1.82) is 0 Å². The van der Waals surface area contributed by atoms with Crippen LogP contribution in [0, 0.1) is 5.92 Å². The Hall–Kier alpha value is -1.36. The minimum Gasteiger partial charge on any atom is -0.435 e. The van der Waals surface area contributed by atoms with Crippen LogP contribution in [0.4, 0.5) is 14.5 Å². The lowest BCUT2D eigenvalue weighted by Crippen LogP contribution is -2.36. The molecule has 0 bridgehead atoms. The van der Waals surface area contributed by atoms with Gasteiger partial charge >= 0.3 is 6.61 Å². The largest absolute Gasteiger partial charge is 0.435 e. The maximum Gasteiger partial charge on any atom is 0.387 e. The zero-order chi connectivity index (χ0) is 14.5. The predicted molar refractivity (Wildman–Crippen MR) is 74.3 cm³/mol. The highest BCUT2D eigenvalue weighted by molar-refractivity contribution is 5.48. The summed E-state index contributed by atoms with van der Waals surface area (Å²) in [6, 6.07) is 7.00. The van der Waals surface area contributed by atoms with Crippen LogP contribution in [0.15, 0.2) is 24.3 Å². The molecule has 112 valence electrons. The minimum atomic E-state index is -2.79. The first-order valence-electron chi connectivity index (χ1n) is 6.97. The topological polar surface area (TPSA) is 30.5 Å². The quantitative estimate of drug-likeness (QED) is 0.890. The van der Waals surface area contributed by atoms with Gasteiger partial charge in [0.15, 0.2) is 0 Å². The van der Waals surface area contributed by atoms with Gasteiger partial charge in [-0.15, -0.1) is 0 Å². The first-order chi connectivity index (χ1) is 9.54. The zero-order valence-corrected chi connectivity index (χ0v) is 11.8. The van der Waals surface area contributed by atoms with E-state index in [0.717, 1.165) is 25.1 Å². The molecule has 1 aromatic carbocycles. The molecule has 2 unspecified atom stereocenters. The summed E-state index contributed by atoms with van der Waals surface area (Å²) in [4.78, 5) is 0. The van der Waals surface area contributed by atoms with Gasteiger partial charge in [-0.3, -0.25) is 0 Å². The van der Waals surface area contributed by atoms with Crippen LogP contribution in [0.2, 0.25) is 0 Å². The van der Waals surface area contributed by atoms with Crippen molar-refractivity contribution in [2.75, 3.05) is 11.9 Å². The first-order valence-corrected chi connectivity index (χ1v) is 6.97. The van der Waals surface area contributed by atoms with Gasteiger partial charge in [-0.1, -0.05) is 19.9 Å². The van der Waals surface area contributed by atoms with Crippen LogP contribution in [0.1, 0.15) is 26.7 Å². The van der Waals surface area contributed by atoms with Crippen molar-refractivity contribution in [1.82, 2.24) is 0 Å². The van der Waals surface area contributed by atoms with Gasteiger partial charge in [-0.05, 0) is 30.9 Å². The number of benzene rings is 1. The fourth-order valence-electron chi connectivity index (χ4n) is 2.42. The van der Waals surface area contributed by atoms with Gasteiger partial charge in [-0.25, -0.2) is 0 Å². The second-order valence-electron chi connectivity index (χ2n) is 5.43. The summed E-state index contributed by atoms with van der Waals surface area (Å²) in [5.41, 5.74) is 0.803. The molecule has 1 fully saturated rings. The SMILES string of the molecule is CC(C)C1CC(Nc2cccc(OC(F)F)c2)CCO1. The number of hydrogen-bond acceptors (Lipinski definition) is 3. The normalized spacial score (nSPS) is 23.1. The Bertz CT molecular complexity index is 426. The molecule has 3 nitrogen and oxygen atoms in total. The molecule has 5 heteroatoms. The molecule has 20 heavy (non-hydrogen) atoms.